The van der Waals surface area contributed by atoms with E-state index in [1.807, 2.05) is 24.3 Å². The molecule has 1 fully saturated rings. The van der Waals surface area contributed by atoms with Crippen LogP contribution in [0.4, 0.5) is 0 Å². The summed E-state index contributed by atoms with van der Waals surface area (Å²) in [4.78, 5) is 12.5. The number of aryl methyl sites for hydroxylation is 1. The standard InChI is InChI=1S/C18H16ClNO/c19-13-6-3-5-12(10-13)17-15-9-8-11-4-1-2-7-14(11)16(15)18(21)20-17/h1-7,10,15-17H,8-9H2,(H,20,21). The van der Waals surface area contributed by atoms with Crippen LogP contribution in [0.2, 0.25) is 5.02 Å². The number of benzene rings is 2. The van der Waals surface area contributed by atoms with Gasteiger partial charge in [-0.15, -0.1) is 0 Å². The number of fused-ring (bicyclic) bond motifs is 3. The molecule has 1 heterocycles. The Bertz CT molecular complexity index is 712. The fourth-order valence-corrected chi connectivity index (χ4v) is 4.06. The number of halogens is 1. The van der Waals surface area contributed by atoms with Crippen molar-refractivity contribution in [3.8, 4) is 0 Å². The molecule has 1 saturated heterocycles. The van der Waals surface area contributed by atoms with Gasteiger partial charge in [-0.1, -0.05) is 48.0 Å². The zero-order chi connectivity index (χ0) is 14.4. The Balaban J connectivity index is 1.75. The Morgan fingerprint density at radius 1 is 1.10 bits per heavy atom. The van der Waals surface area contributed by atoms with Gasteiger partial charge in [0.2, 0.25) is 5.91 Å². The van der Waals surface area contributed by atoms with E-state index in [0.29, 0.717) is 5.92 Å². The van der Waals surface area contributed by atoms with E-state index >= 15 is 0 Å². The average Bonchev–Trinajstić information content (AvgIpc) is 2.85. The Morgan fingerprint density at radius 2 is 1.95 bits per heavy atom. The van der Waals surface area contributed by atoms with E-state index in [1.165, 1.54) is 11.1 Å². The van der Waals surface area contributed by atoms with Crippen molar-refractivity contribution in [2.75, 3.05) is 0 Å². The first kappa shape index (κ1) is 12.9. The van der Waals surface area contributed by atoms with Crippen LogP contribution in [0.15, 0.2) is 48.5 Å². The number of amides is 1. The van der Waals surface area contributed by atoms with Crippen molar-refractivity contribution in [3.05, 3.63) is 70.2 Å². The van der Waals surface area contributed by atoms with Crippen LogP contribution in [0.25, 0.3) is 0 Å². The first-order valence-corrected chi connectivity index (χ1v) is 7.75. The van der Waals surface area contributed by atoms with Gasteiger partial charge in [-0.25, -0.2) is 0 Å². The minimum atomic E-state index is -0.0149. The van der Waals surface area contributed by atoms with Crippen LogP contribution in [-0.2, 0) is 11.2 Å². The topological polar surface area (TPSA) is 29.1 Å². The van der Waals surface area contributed by atoms with Gasteiger partial charge in [-0.05, 0) is 47.6 Å². The minimum absolute atomic E-state index is 0.0149. The van der Waals surface area contributed by atoms with E-state index in [-0.39, 0.29) is 17.9 Å². The summed E-state index contributed by atoms with van der Waals surface area (Å²) in [6.45, 7) is 0. The molecule has 0 saturated carbocycles. The number of hydrogen-bond acceptors (Lipinski definition) is 1. The third-order valence-electron chi connectivity index (χ3n) is 4.78. The highest BCUT2D eigenvalue weighted by atomic mass is 35.5. The summed E-state index contributed by atoms with van der Waals surface area (Å²) in [6, 6.07) is 16.3. The van der Waals surface area contributed by atoms with Crippen LogP contribution in [0, 0.1) is 5.92 Å². The van der Waals surface area contributed by atoms with Gasteiger partial charge in [0.05, 0.1) is 12.0 Å². The van der Waals surface area contributed by atoms with Gasteiger partial charge in [-0.2, -0.15) is 0 Å². The predicted octanol–water partition coefficient (Wildman–Crippen LogP) is 3.86. The predicted molar refractivity (Wildman–Crippen MR) is 83.3 cm³/mol. The monoisotopic (exact) mass is 297 g/mol. The van der Waals surface area contributed by atoms with Gasteiger partial charge < -0.3 is 5.32 Å². The van der Waals surface area contributed by atoms with E-state index in [0.717, 1.165) is 23.4 Å². The van der Waals surface area contributed by atoms with Crippen molar-refractivity contribution >= 4 is 17.5 Å². The molecule has 3 unspecified atom stereocenters. The molecule has 106 valence electrons. The average molecular weight is 298 g/mol. The SMILES string of the molecule is O=C1NC(c2cccc(Cl)c2)C2CCc3ccccc3C12. The third kappa shape index (κ3) is 2.06. The van der Waals surface area contributed by atoms with Gasteiger partial charge in [0, 0.05) is 5.02 Å². The van der Waals surface area contributed by atoms with Gasteiger partial charge in [-0.3, -0.25) is 4.79 Å². The molecule has 21 heavy (non-hydrogen) atoms. The molecule has 2 aromatic carbocycles. The van der Waals surface area contributed by atoms with E-state index < -0.39 is 0 Å². The summed E-state index contributed by atoms with van der Waals surface area (Å²) in [5, 5.41) is 3.91. The molecule has 0 bridgehead atoms. The molecule has 3 heteroatoms. The van der Waals surface area contributed by atoms with Crippen LogP contribution >= 0.6 is 11.6 Å². The van der Waals surface area contributed by atoms with Gasteiger partial charge in [0.25, 0.3) is 0 Å². The van der Waals surface area contributed by atoms with Gasteiger partial charge in [0.1, 0.15) is 0 Å². The molecule has 2 aromatic rings. The minimum Gasteiger partial charge on any atom is -0.348 e. The highest BCUT2D eigenvalue weighted by Crippen LogP contribution is 2.47. The van der Waals surface area contributed by atoms with Crippen molar-refractivity contribution in [1.29, 1.82) is 0 Å². The Labute approximate surface area is 129 Å². The second kappa shape index (κ2) is 4.88. The Hall–Kier alpha value is -1.80. The number of carbonyl (C=O) groups excluding carboxylic acids is 1. The van der Waals surface area contributed by atoms with E-state index in [2.05, 4.69) is 29.6 Å². The van der Waals surface area contributed by atoms with E-state index in [1.54, 1.807) is 0 Å². The van der Waals surface area contributed by atoms with Crippen LogP contribution in [0.5, 0.6) is 0 Å². The lowest BCUT2D eigenvalue weighted by Gasteiger charge is -2.29. The Morgan fingerprint density at radius 3 is 2.81 bits per heavy atom. The molecule has 0 radical (unpaired) electrons. The molecule has 4 rings (SSSR count). The van der Waals surface area contributed by atoms with Crippen molar-refractivity contribution in [3.63, 3.8) is 0 Å². The molecule has 1 N–H and O–H groups in total. The molecule has 0 aromatic heterocycles. The fraction of sp³-hybridized carbons (Fsp3) is 0.278. The van der Waals surface area contributed by atoms with Crippen molar-refractivity contribution in [2.24, 2.45) is 5.92 Å². The van der Waals surface area contributed by atoms with Gasteiger partial charge >= 0.3 is 0 Å². The molecular formula is C18H16ClNO. The highest BCUT2D eigenvalue weighted by Gasteiger charge is 2.45. The largest absolute Gasteiger partial charge is 0.348 e. The van der Waals surface area contributed by atoms with Crippen LogP contribution in [-0.4, -0.2) is 5.91 Å². The maximum Gasteiger partial charge on any atom is 0.228 e. The lowest BCUT2D eigenvalue weighted by Crippen LogP contribution is -2.22. The van der Waals surface area contributed by atoms with Crippen molar-refractivity contribution < 1.29 is 4.79 Å². The van der Waals surface area contributed by atoms with Crippen LogP contribution in [0.1, 0.15) is 35.1 Å². The molecule has 0 spiro atoms. The zero-order valence-electron chi connectivity index (χ0n) is 11.6. The fourth-order valence-electron chi connectivity index (χ4n) is 3.86. The number of carbonyl (C=O) groups is 1. The maximum atomic E-state index is 12.5. The highest BCUT2D eigenvalue weighted by molar-refractivity contribution is 6.30. The molecule has 1 aliphatic heterocycles. The third-order valence-corrected chi connectivity index (χ3v) is 5.02. The summed E-state index contributed by atoms with van der Waals surface area (Å²) in [7, 11) is 0. The van der Waals surface area contributed by atoms with Crippen LogP contribution in [0.3, 0.4) is 0 Å². The van der Waals surface area contributed by atoms with E-state index in [9.17, 15) is 4.79 Å². The molecule has 1 amide bonds. The van der Waals surface area contributed by atoms with Crippen LogP contribution < -0.4 is 5.32 Å². The number of rotatable bonds is 1. The molecule has 2 nitrogen and oxygen atoms in total. The summed E-state index contributed by atoms with van der Waals surface area (Å²) < 4.78 is 0. The maximum absolute atomic E-state index is 12.5. The van der Waals surface area contributed by atoms with Crippen molar-refractivity contribution in [2.45, 2.75) is 24.8 Å². The second-order valence-corrected chi connectivity index (χ2v) is 6.36. The normalized spacial score (nSPS) is 26.9. The number of nitrogens with one attached hydrogen (secondary N) is 1. The summed E-state index contributed by atoms with van der Waals surface area (Å²) in [6.07, 6.45) is 2.08. The molecule has 1 aliphatic carbocycles. The molecule has 2 aliphatic rings. The first-order valence-electron chi connectivity index (χ1n) is 7.37. The second-order valence-electron chi connectivity index (χ2n) is 5.92. The lowest BCUT2D eigenvalue weighted by molar-refractivity contribution is -0.121. The zero-order valence-corrected chi connectivity index (χ0v) is 12.3. The molecular weight excluding hydrogens is 282 g/mol. The number of hydrogen-bond donors (Lipinski definition) is 1. The first-order chi connectivity index (χ1) is 10.2. The molecule has 3 atom stereocenters. The smallest absolute Gasteiger partial charge is 0.228 e. The Kier molecular flexibility index (Phi) is 3.00. The van der Waals surface area contributed by atoms with Gasteiger partial charge in [0.15, 0.2) is 0 Å². The van der Waals surface area contributed by atoms with E-state index in [4.69, 9.17) is 11.6 Å². The summed E-state index contributed by atoms with van der Waals surface area (Å²) in [5.74, 6) is 0.460. The summed E-state index contributed by atoms with van der Waals surface area (Å²) in [5.41, 5.74) is 3.64. The van der Waals surface area contributed by atoms with Crippen molar-refractivity contribution in [1.82, 2.24) is 5.32 Å². The quantitative estimate of drug-likeness (QED) is 0.851. The lowest BCUT2D eigenvalue weighted by atomic mass is 9.73. The summed E-state index contributed by atoms with van der Waals surface area (Å²) >= 11 is 6.10.